The van der Waals surface area contributed by atoms with Crippen LogP contribution < -0.4 is 4.73 Å². The number of carbonyl (C=O) groups excluding carboxylic acids is 1. The number of carboxylic acid groups (broad SMARTS) is 1. The van der Waals surface area contributed by atoms with E-state index in [1.807, 2.05) is 13.0 Å². The van der Waals surface area contributed by atoms with E-state index in [4.69, 9.17) is 5.11 Å². The highest BCUT2D eigenvalue weighted by Crippen LogP contribution is 2.29. The van der Waals surface area contributed by atoms with Crippen molar-refractivity contribution in [3.8, 4) is 11.1 Å². The molecule has 0 aliphatic heterocycles. The first-order valence-corrected chi connectivity index (χ1v) is 7.59. The van der Waals surface area contributed by atoms with Crippen molar-refractivity contribution in [2.24, 2.45) is 0 Å². The predicted octanol–water partition coefficient (Wildman–Crippen LogP) is 1.53. The van der Waals surface area contributed by atoms with Gasteiger partial charge in [-0.25, -0.2) is 0 Å². The lowest BCUT2D eigenvalue weighted by atomic mass is 10.0. The molecule has 2 heterocycles. The molecule has 8 heteroatoms. The maximum Gasteiger partial charge on any atom is 0.333 e. The fourth-order valence-electron chi connectivity index (χ4n) is 2.83. The lowest BCUT2D eigenvalue weighted by Crippen LogP contribution is -2.34. The molecule has 8 nitrogen and oxygen atoms in total. The van der Waals surface area contributed by atoms with E-state index < -0.39 is 5.97 Å². The molecule has 0 amide bonds. The van der Waals surface area contributed by atoms with Gasteiger partial charge in [0.05, 0.1) is 11.1 Å². The van der Waals surface area contributed by atoms with Crippen LogP contribution in [0.2, 0.25) is 0 Å². The van der Waals surface area contributed by atoms with Gasteiger partial charge >= 0.3 is 11.8 Å². The summed E-state index contributed by atoms with van der Waals surface area (Å²) < 4.78 is 2.25. The summed E-state index contributed by atoms with van der Waals surface area (Å²) in [4.78, 5) is 27.1. The molecule has 0 bridgehead atoms. The van der Waals surface area contributed by atoms with Gasteiger partial charge in [0, 0.05) is 19.2 Å². The Bertz CT molecular complexity index is 1020. The Morgan fingerprint density at radius 3 is 2.56 bits per heavy atom. The number of carbonyl (C=O) groups is 2. The molecule has 3 rings (SSSR count). The van der Waals surface area contributed by atoms with Gasteiger partial charge in [-0.1, -0.05) is 9.71 Å². The number of aromatic nitrogens is 4. The van der Waals surface area contributed by atoms with Gasteiger partial charge in [-0.05, 0) is 30.2 Å². The van der Waals surface area contributed by atoms with Gasteiger partial charge in [-0.2, -0.15) is 5.10 Å². The molecule has 128 valence electrons. The first-order valence-electron chi connectivity index (χ1n) is 7.59. The maximum absolute atomic E-state index is 11.9. The minimum atomic E-state index is -1.04. The third kappa shape index (κ3) is 2.93. The Balaban J connectivity index is 2.27. The van der Waals surface area contributed by atoms with E-state index >= 15 is 0 Å². The van der Waals surface area contributed by atoms with Crippen LogP contribution in [0.25, 0.3) is 22.0 Å². The molecule has 0 radical (unpaired) electrons. The van der Waals surface area contributed by atoms with Gasteiger partial charge in [0.15, 0.2) is 12.0 Å². The summed E-state index contributed by atoms with van der Waals surface area (Å²) in [6.45, 7) is 4.56. The first-order chi connectivity index (χ1) is 11.8. The molecule has 1 aromatic carbocycles. The monoisotopic (exact) mass is 341 g/mol. The topological polar surface area (TPSA) is 109 Å². The quantitative estimate of drug-likeness (QED) is 0.423. The third-order valence-corrected chi connectivity index (χ3v) is 3.97. The molecule has 0 aliphatic carbocycles. The highest BCUT2D eigenvalue weighted by atomic mass is 16.5. The fraction of sp³-hybridized carbons (Fsp3) is 0.235. The summed E-state index contributed by atoms with van der Waals surface area (Å²) in [6.07, 6.45) is 3.15. The molecular formula is C17H17N4O4+. The van der Waals surface area contributed by atoms with Crippen molar-refractivity contribution >= 4 is 22.7 Å². The first kappa shape index (κ1) is 16.6. The second-order valence-corrected chi connectivity index (χ2v) is 5.88. The molecule has 0 saturated carbocycles. The highest BCUT2D eigenvalue weighted by molar-refractivity contribution is 6.06. The van der Waals surface area contributed by atoms with Crippen molar-refractivity contribution in [3.63, 3.8) is 0 Å². The second-order valence-electron chi connectivity index (χ2n) is 5.88. The lowest BCUT2D eigenvalue weighted by Gasteiger charge is -2.06. The van der Waals surface area contributed by atoms with Gasteiger partial charge in [0.25, 0.3) is 0 Å². The smallest absolute Gasteiger partial charge is 0.333 e. The van der Waals surface area contributed by atoms with E-state index in [9.17, 15) is 14.8 Å². The van der Waals surface area contributed by atoms with Crippen LogP contribution in [0.15, 0.2) is 24.5 Å². The van der Waals surface area contributed by atoms with E-state index in [1.54, 1.807) is 19.2 Å². The van der Waals surface area contributed by atoms with Gasteiger partial charge in [-0.3, -0.25) is 14.3 Å². The summed E-state index contributed by atoms with van der Waals surface area (Å²) in [6, 6.07) is 3.61. The standard InChI is InChI=1S/C17H16N4O4/c1-9-4-12(13-6-18-11(3)21(25)7-13)5-14-16(10(2)22)19-20(17(9)14)8-15(23)24/h4-7H,8H2,1-3H3,(H-,23,24,25)/p+1. The zero-order valence-corrected chi connectivity index (χ0v) is 14.0. The molecule has 0 unspecified atom stereocenters. The Morgan fingerprint density at radius 2 is 1.96 bits per heavy atom. The van der Waals surface area contributed by atoms with Crippen LogP contribution in [-0.4, -0.2) is 36.8 Å². The van der Waals surface area contributed by atoms with Crippen molar-refractivity contribution in [3.05, 3.63) is 41.6 Å². The molecule has 0 atom stereocenters. The van der Waals surface area contributed by atoms with Crippen molar-refractivity contribution < 1.29 is 24.6 Å². The molecule has 0 spiro atoms. The van der Waals surface area contributed by atoms with Crippen LogP contribution in [0, 0.1) is 13.8 Å². The van der Waals surface area contributed by atoms with Gasteiger partial charge in [0.1, 0.15) is 18.4 Å². The number of hydrogen-bond donors (Lipinski definition) is 2. The zero-order chi connectivity index (χ0) is 18.3. The summed E-state index contributed by atoms with van der Waals surface area (Å²) >= 11 is 0. The summed E-state index contributed by atoms with van der Waals surface area (Å²) in [5.74, 6) is -0.836. The van der Waals surface area contributed by atoms with Crippen LogP contribution >= 0.6 is 0 Å². The highest BCUT2D eigenvalue weighted by Gasteiger charge is 2.19. The Morgan fingerprint density at radius 1 is 1.24 bits per heavy atom. The summed E-state index contributed by atoms with van der Waals surface area (Å²) in [5, 5.41) is 23.6. The van der Waals surface area contributed by atoms with E-state index in [2.05, 4.69) is 10.1 Å². The van der Waals surface area contributed by atoms with Crippen molar-refractivity contribution in [2.75, 3.05) is 0 Å². The molecule has 2 N–H and O–H groups in total. The third-order valence-electron chi connectivity index (χ3n) is 3.97. The maximum atomic E-state index is 11.9. The number of aliphatic carboxylic acids is 1. The molecule has 0 saturated heterocycles. The fourth-order valence-corrected chi connectivity index (χ4v) is 2.83. The minimum Gasteiger partial charge on any atom is -0.480 e. The summed E-state index contributed by atoms with van der Waals surface area (Å²) in [5.41, 5.74) is 3.02. The van der Waals surface area contributed by atoms with E-state index in [1.165, 1.54) is 17.8 Å². The minimum absolute atomic E-state index is 0.221. The molecule has 2 aromatic heterocycles. The number of fused-ring (bicyclic) bond motifs is 1. The van der Waals surface area contributed by atoms with Gasteiger partial charge in [-0.15, -0.1) is 0 Å². The van der Waals surface area contributed by atoms with E-state index in [0.29, 0.717) is 22.3 Å². The van der Waals surface area contributed by atoms with Crippen LogP contribution in [-0.2, 0) is 11.3 Å². The number of nitrogens with zero attached hydrogens (tertiary/aromatic N) is 4. The van der Waals surface area contributed by atoms with Crippen molar-refractivity contribution in [1.82, 2.24) is 14.8 Å². The van der Waals surface area contributed by atoms with Crippen molar-refractivity contribution in [2.45, 2.75) is 27.3 Å². The number of Topliss-reactive ketones (excluding diaryl/α,β-unsaturated/α-hetero) is 1. The van der Waals surface area contributed by atoms with Crippen molar-refractivity contribution in [1.29, 1.82) is 0 Å². The second kappa shape index (κ2) is 5.97. The number of aryl methyl sites for hydroxylation is 2. The number of rotatable bonds is 4. The van der Waals surface area contributed by atoms with Crippen LogP contribution in [0.1, 0.15) is 28.8 Å². The van der Waals surface area contributed by atoms with Crippen LogP contribution in [0.3, 0.4) is 0 Å². The average molecular weight is 341 g/mol. The average Bonchev–Trinajstić information content (AvgIpc) is 2.88. The van der Waals surface area contributed by atoms with Crippen LogP contribution in [0.5, 0.6) is 0 Å². The number of ketones is 1. The summed E-state index contributed by atoms with van der Waals surface area (Å²) in [7, 11) is 0. The van der Waals surface area contributed by atoms with Gasteiger partial charge < -0.3 is 10.3 Å². The Kier molecular flexibility index (Phi) is 3.96. The molecule has 25 heavy (non-hydrogen) atoms. The number of benzene rings is 1. The Hall–Kier alpha value is -3.29. The Labute approximate surface area is 142 Å². The molecule has 0 aliphatic rings. The largest absolute Gasteiger partial charge is 0.480 e. The number of carboxylic acids is 1. The molecule has 3 aromatic rings. The van der Waals surface area contributed by atoms with Gasteiger partial charge in [0.2, 0.25) is 0 Å². The SMILES string of the molecule is CC(=O)c1nn(CC(=O)O)c2c(C)cc(-c3cnc(C)[n+](O)c3)cc12. The predicted molar refractivity (Wildman–Crippen MR) is 87.5 cm³/mol. The van der Waals surface area contributed by atoms with E-state index in [0.717, 1.165) is 15.9 Å². The molecular weight excluding hydrogens is 324 g/mol. The van der Waals surface area contributed by atoms with E-state index in [-0.39, 0.29) is 18.0 Å². The lowest BCUT2D eigenvalue weighted by molar-refractivity contribution is -0.910. The zero-order valence-electron chi connectivity index (χ0n) is 14.0. The normalized spacial score (nSPS) is 11.0. The van der Waals surface area contributed by atoms with Crippen LogP contribution in [0.4, 0.5) is 0 Å². The molecule has 0 fully saturated rings. The number of hydrogen-bond acceptors (Lipinski definition) is 5.